The highest BCUT2D eigenvalue weighted by molar-refractivity contribution is 5.88. The van der Waals surface area contributed by atoms with E-state index in [-0.39, 0.29) is 24.5 Å². The van der Waals surface area contributed by atoms with E-state index in [0.29, 0.717) is 24.5 Å². The lowest BCUT2D eigenvalue weighted by molar-refractivity contribution is -0.143. The molecule has 6 heteroatoms. The molecule has 2 aromatic rings. The summed E-state index contributed by atoms with van der Waals surface area (Å²) in [5, 5.41) is 3.01. The van der Waals surface area contributed by atoms with Crippen molar-refractivity contribution < 1.29 is 19.1 Å². The zero-order valence-corrected chi connectivity index (χ0v) is 20.1. The first-order valence-electron chi connectivity index (χ1n) is 11.2. The van der Waals surface area contributed by atoms with Crippen molar-refractivity contribution in [1.29, 1.82) is 0 Å². The molecule has 0 aromatic heterocycles. The molecular weight excluding hydrogens is 404 g/mol. The van der Waals surface area contributed by atoms with E-state index >= 15 is 0 Å². The summed E-state index contributed by atoms with van der Waals surface area (Å²) in [6, 6.07) is 12.8. The lowest BCUT2D eigenvalue weighted by Crippen LogP contribution is -2.51. The smallest absolute Gasteiger partial charge is 0.261 e. The van der Waals surface area contributed by atoms with E-state index in [1.54, 1.807) is 12.0 Å². The van der Waals surface area contributed by atoms with Gasteiger partial charge in [0.25, 0.3) is 5.91 Å². The Morgan fingerprint density at radius 3 is 2.28 bits per heavy atom. The summed E-state index contributed by atoms with van der Waals surface area (Å²) in [5.41, 5.74) is 3.03. The highest BCUT2D eigenvalue weighted by Crippen LogP contribution is 2.19. The average molecular weight is 441 g/mol. The van der Waals surface area contributed by atoms with Gasteiger partial charge in [0, 0.05) is 12.6 Å². The van der Waals surface area contributed by atoms with Gasteiger partial charge in [0.15, 0.2) is 6.61 Å². The van der Waals surface area contributed by atoms with Crippen molar-refractivity contribution in [2.24, 2.45) is 0 Å². The molecule has 0 aliphatic carbocycles. The fourth-order valence-electron chi connectivity index (χ4n) is 3.57. The topological polar surface area (TPSA) is 67.9 Å². The number of methoxy groups -OCH3 is 1. The van der Waals surface area contributed by atoms with E-state index in [1.807, 2.05) is 71.0 Å². The fraction of sp³-hybridized carbons (Fsp3) is 0.462. The number of benzene rings is 2. The molecule has 2 atom stereocenters. The van der Waals surface area contributed by atoms with Crippen LogP contribution in [-0.4, -0.2) is 42.5 Å². The summed E-state index contributed by atoms with van der Waals surface area (Å²) in [5.74, 6) is 0.968. The third-order valence-corrected chi connectivity index (χ3v) is 5.43. The van der Waals surface area contributed by atoms with Crippen molar-refractivity contribution in [2.45, 2.75) is 66.1 Å². The largest absolute Gasteiger partial charge is 0.497 e. The van der Waals surface area contributed by atoms with Gasteiger partial charge in [0.1, 0.15) is 17.5 Å². The summed E-state index contributed by atoms with van der Waals surface area (Å²) in [4.78, 5) is 27.9. The lowest BCUT2D eigenvalue weighted by Gasteiger charge is -2.31. The summed E-state index contributed by atoms with van der Waals surface area (Å²) in [6.07, 6.45) is 1.32. The molecule has 0 aliphatic heterocycles. The third kappa shape index (κ3) is 7.29. The Labute approximate surface area is 191 Å². The van der Waals surface area contributed by atoms with Crippen molar-refractivity contribution in [1.82, 2.24) is 10.2 Å². The van der Waals surface area contributed by atoms with Crippen molar-refractivity contribution in [2.75, 3.05) is 13.7 Å². The molecule has 0 saturated carbocycles. The monoisotopic (exact) mass is 440 g/mol. The number of nitrogens with one attached hydrogen (secondary N) is 1. The average Bonchev–Trinajstić information content (AvgIpc) is 2.76. The normalized spacial score (nSPS) is 12.6. The van der Waals surface area contributed by atoms with E-state index in [0.717, 1.165) is 23.1 Å². The summed E-state index contributed by atoms with van der Waals surface area (Å²) >= 11 is 0. The minimum atomic E-state index is -0.592. The Balaban J connectivity index is 2.25. The van der Waals surface area contributed by atoms with E-state index in [9.17, 15) is 9.59 Å². The van der Waals surface area contributed by atoms with Crippen LogP contribution in [0.1, 0.15) is 50.3 Å². The number of ether oxygens (including phenoxy) is 2. The van der Waals surface area contributed by atoms with Crippen molar-refractivity contribution in [3.63, 3.8) is 0 Å². The van der Waals surface area contributed by atoms with Crippen LogP contribution < -0.4 is 14.8 Å². The highest BCUT2D eigenvalue weighted by atomic mass is 16.5. The van der Waals surface area contributed by atoms with Crippen LogP contribution in [-0.2, 0) is 16.1 Å². The molecule has 6 nitrogen and oxygen atoms in total. The molecule has 0 heterocycles. The van der Waals surface area contributed by atoms with Gasteiger partial charge in [-0.3, -0.25) is 9.59 Å². The van der Waals surface area contributed by atoms with Crippen LogP contribution in [0.4, 0.5) is 0 Å². The second kappa shape index (κ2) is 12.1. The van der Waals surface area contributed by atoms with Crippen molar-refractivity contribution in [3.8, 4) is 11.5 Å². The van der Waals surface area contributed by atoms with Gasteiger partial charge in [-0.25, -0.2) is 0 Å². The van der Waals surface area contributed by atoms with Gasteiger partial charge >= 0.3 is 0 Å². The molecule has 2 amide bonds. The minimum Gasteiger partial charge on any atom is -0.497 e. The molecule has 32 heavy (non-hydrogen) atoms. The molecule has 0 spiro atoms. The highest BCUT2D eigenvalue weighted by Gasteiger charge is 2.29. The standard InChI is InChI=1S/C26H36N2O4/c1-7-20(5)27-26(30)24(8-2)28(16-21-10-9-11-22(15-21)31-6)25(29)17-32-23-13-18(3)12-19(4)14-23/h9-15,20,24H,7-8,16-17H2,1-6H3,(H,27,30)/t20-,24-/m0/s1. The van der Waals surface area contributed by atoms with Crippen LogP contribution in [0.5, 0.6) is 11.5 Å². The lowest BCUT2D eigenvalue weighted by atomic mass is 10.1. The fourth-order valence-corrected chi connectivity index (χ4v) is 3.57. The molecular formula is C26H36N2O4. The number of rotatable bonds is 11. The minimum absolute atomic E-state index is 0.0387. The first kappa shape index (κ1) is 25.2. The molecule has 0 radical (unpaired) electrons. The molecule has 174 valence electrons. The Kier molecular flexibility index (Phi) is 9.57. The second-order valence-corrected chi connectivity index (χ2v) is 8.23. The van der Waals surface area contributed by atoms with Gasteiger partial charge in [-0.2, -0.15) is 0 Å². The van der Waals surface area contributed by atoms with Crippen molar-refractivity contribution in [3.05, 3.63) is 59.2 Å². The SMILES string of the molecule is CC[C@H](C)NC(=O)[C@H](CC)N(Cc1cccc(OC)c1)C(=O)COc1cc(C)cc(C)c1. The Hall–Kier alpha value is -3.02. The van der Waals surface area contributed by atoms with E-state index in [2.05, 4.69) is 11.4 Å². The summed E-state index contributed by atoms with van der Waals surface area (Å²) < 4.78 is 11.1. The molecule has 2 rings (SSSR count). The van der Waals surface area contributed by atoms with Crippen LogP contribution in [0.25, 0.3) is 0 Å². The van der Waals surface area contributed by atoms with Gasteiger partial charge in [-0.1, -0.05) is 32.0 Å². The predicted molar refractivity (Wildman–Crippen MR) is 127 cm³/mol. The molecule has 0 fully saturated rings. The number of aryl methyl sites for hydroxylation is 2. The summed E-state index contributed by atoms with van der Waals surface area (Å²) in [6.45, 7) is 10.0. The Bertz CT molecular complexity index is 892. The number of amides is 2. The summed E-state index contributed by atoms with van der Waals surface area (Å²) in [7, 11) is 1.61. The molecule has 0 aliphatic rings. The molecule has 0 saturated heterocycles. The number of hydrogen-bond acceptors (Lipinski definition) is 4. The quantitative estimate of drug-likeness (QED) is 0.562. The molecule has 1 N–H and O–H groups in total. The maximum Gasteiger partial charge on any atom is 0.261 e. The number of carbonyl (C=O) groups excluding carboxylic acids is 2. The van der Waals surface area contributed by atoms with Crippen molar-refractivity contribution >= 4 is 11.8 Å². The van der Waals surface area contributed by atoms with Gasteiger partial charge in [0.2, 0.25) is 5.91 Å². The number of carbonyl (C=O) groups is 2. The van der Waals surface area contributed by atoms with Gasteiger partial charge in [0.05, 0.1) is 7.11 Å². The van der Waals surface area contributed by atoms with Crippen LogP contribution in [0.15, 0.2) is 42.5 Å². The van der Waals surface area contributed by atoms with Crippen LogP contribution in [0, 0.1) is 13.8 Å². The maximum atomic E-state index is 13.3. The first-order chi connectivity index (χ1) is 15.3. The zero-order valence-electron chi connectivity index (χ0n) is 20.1. The third-order valence-electron chi connectivity index (χ3n) is 5.43. The Morgan fingerprint density at radius 1 is 1.00 bits per heavy atom. The van der Waals surface area contributed by atoms with Crippen LogP contribution >= 0.6 is 0 Å². The van der Waals surface area contributed by atoms with Crippen LogP contribution in [0.2, 0.25) is 0 Å². The number of hydrogen-bond donors (Lipinski definition) is 1. The molecule has 0 bridgehead atoms. The van der Waals surface area contributed by atoms with E-state index in [4.69, 9.17) is 9.47 Å². The predicted octanol–water partition coefficient (Wildman–Crippen LogP) is 4.41. The molecule has 2 aromatic carbocycles. The zero-order chi connectivity index (χ0) is 23.7. The maximum absolute atomic E-state index is 13.3. The van der Waals surface area contributed by atoms with Crippen LogP contribution in [0.3, 0.4) is 0 Å². The molecule has 0 unspecified atom stereocenters. The van der Waals surface area contributed by atoms with Gasteiger partial charge in [-0.15, -0.1) is 0 Å². The first-order valence-corrected chi connectivity index (χ1v) is 11.2. The number of nitrogens with zero attached hydrogens (tertiary/aromatic N) is 1. The van der Waals surface area contributed by atoms with E-state index < -0.39 is 6.04 Å². The second-order valence-electron chi connectivity index (χ2n) is 8.23. The van der Waals surface area contributed by atoms with Gasteiger partial charge in [-0.05, 0) is 74.6 Å². The van der Waals surface area contributed by atoms with Gasteiger partial charge < -0.3 is 19.7 Å². The van der Waals surface area contributed by atoms with E-state index in [1.165, 1.54) is 0 Å². The Morgan fingerprint density at radius 2 is 1.69 bits per heavy atom.